The molecule has 0 bridgehead atoms. The summed E-state index contributed by atoms with van der Waals surface area (Å²) in [5, 5.41) is 11.0. The van der Waals surface area contributed by atoms with E-state index in [9.17, 15) is 10.1 Å². The number of benzene rings is 2. The third kappa shape index (κ3) is 2.80. The number of nitro benzene ring substituents is 1. The highest BCUT2D eigenvalue weighted by Crippen LogP contribution is 2.36. The van der Waals surface area contributed by atoms with Gasteiger partial charge in [0.15, 0.2) is 11.5 Å². The summed E-state index contributed by atoms with van der Waals surface area (Å²) in [5.41, 5.74) is 8.28. The number of nitrogens with two attached hydrogens (primary N) is 1. The summed E-state index contributed by atoms with van der Waals surface area (Å²) in [5.74, 6) is 1.38. The van der Waals surface area contributed by atoms with Crippen LogP contribution >= 0.6 is 0 Å². The topological polar surface area (TPSA) is 113 Å². The van der Waals surface area contributed by atoms with Gasteiger partial charge in [-0.2, -0.15) is 0 Å². The van der Waals surface area contributed by atoms with Crippen molar-refractivity contribution in [2.75, 3.05) is 12.5 Å². The van der Waals surface area contributed by atoms with Gasteiger partial charge in [0.2, 0.25) is 12.7 Å². The molecule has 0 unspecified atom stereocenters. The molecule has 0 amide bonds. The van der Waals surface area contributed by atoms with Crippen molar-refractivity contribution >= 4 is 11.6 Å². The molecule has 0 saturated heterocycles. The van der Waals surface area contributed by atoms with Crippen molar-refractivity contribution in [1.82, 2.24) is 9.97 Å². The fourth-order valence-electron chi connectivity index (χ4n) is 2.60. The van der Waals surface area contributed by atoms with Gasteiger partial charge >= 0.3 is 0 Å². The standard InChI is InChI=1S/C17H12N4O4/c18-17-19-13(10-2-1-3-12(6-10)21(22)23)8-14(20-17)11-4-5-15-16(7-11)25-9-24-15/h1-8H,9H2,(H2,18,19,20). The Hall–Kier alpha value is -3.68. The second-order valence-corrected chi connectivity index (χ2v) is 5.37. The van der Waals surface area contributed by atoms with Gasteiger partial charge in [0, 0.05) is 23.3 Å². The van der Waals surface area contributed by atoms with Crippen molar-refractivity contribution in [2.45, 2.75) is 0 Å². The van der Waals surface area contributed by atoms with Crippen LogP contribution in [0.25, 0.3) is 22.5 Å². The summed E-state index contributed by atoms with van der Waals surface area (Å²) < 4.78 is 10.7. The Labute approximate surface area is 142 Å². The van der Waals surface area contributed by atoms with Crippen molar-refractivity contribution in [1.29, 1.82) is 0 Å². The maximum Gasteiger partial charge on any atom is 0.270 e. The van der Waals surface area contributed by atoms with Crippen molar-refractivity contribution in [3.63, 3.8) is 0 Å². The first-order valence-corrected chi connectivity index (χ1v) is 7.39. The molecule has 4 rings (SSSR count). The monoisotopic (exact) mass is 336 g/mol. The maximum absolute atomic E-state index is 11.0. The summed E-state index contributed by atoms with van der Waals surface area (Å²) in [4.78, 5) is 19.0. The molecule has 8 heteroatoms. The number of nitrogen functional groups attached to an aromatic ring is 1. The number of rotatable bonds is 3. The maximum atomic E-state index is 11.0. The number of ether oxygens (including phenoxy) is 2. The Balaban J connectivity index is 1.79. The van der Waals surface area contributed by atoms with Crippen molar-refractivity contribution < 1.29 is 14.4 Å². The van der Waals surface area contributed by atoms with Gasteiger partial charge in [0.1, 0.15) is 0 Å². The van der Waals surface area contributed by atoms with E-state index >= 15 is 0 Å². The van der Waals surface area contributed by atoms with Gasteiger partial charge in [-0.05, 0) is 24.3 Å². The van der Waals surface area contributed by atoms with Crippen LogP contribution in [0.4, 0.5) is 11.6 Å². The van der Waals surface area contributed by atoms with Gasteiger partial charge in [0.25, 0.3) is 5.69 Å². The minimum atomic E-state index is -0.452. The van der Waals surface area contributed by atoms with Gasteiger partial charge < -0.3 is 15.2 Å². The Morgan fingerprint density at radius 2 is 1.68 bits per heavy atom. The van der Waals surface area contributed by atoms with Gasteiger partial charge in [-0.25, -0.2) is 9.97 Å². The van der Waals surface area contributed by atoms with Gasteiger partial charge in [-0.1, -0.05) is 12.1 Å². The molecule has 3 aromatic rings. The van der Waals surface area contributed by atoms with E-state index < -0.39 is 4.92 Å². The summed E-state index contributed by atoms with van der Waals surface area (Å²) in [7, 11) is 0. The SMILES string of the molecule is Nc1nc(-c2cccc([N+](=O)[O-])c2)cc(-c2ccc3c(c2)OCO3)n1. The molecule has 8 nitrogen and oxygen atoms in total. The van der Waals surface area contributed by atoms with Crippen LogP contribution in [-0.4, -0.2) is 21.7 Å². The van der Waals surface area contributed by atoms with E-state index in [2.05, 4.69) is 9.97 Å². The Bertz CT molecular complexity index is 990. The number of nitro groups is 1. The highest BCUT2D eigenvalue weighted by molar-refractivity contribution is 5.72. The largest absolute Gasteiger partial charge is 0.454 e. The molecule has 0 fully saturated rings. The number of fused-ring (bicyclic) bond motifs is 1. The molecule has 0 atom stereocenters. The highest BCUT2D eigenvalue weighted by Gasteiger charge is 2.16. The molecule has 2 aromatic carbocycles. The molecular weight excluding hydrogens is 324 g/mol. The van der Waals surface area contributed by atoms with E-state index in [1.165, 1.54) is 12.1 Å². The minimum Gasteiger partial charge on any atom is -0.454 e. The van der Waals surface area contributed by atoms with Crippen molar-refractivity contribution in [3.05, 3.63) is 58.6 Å². The zero-order chi connectivity index (χ0) is 17.4. The Morgan fingerprint density at radius 1 is 0.960 bits per heavy atom. The van der Waals surface area contributed by atoms with Crippen LogP contribution in [0.5, 0.6) is 11.5 Å². The van der Waals surface area contributed by atoms with Crippen LogP contribution in [-0.2, 0) is 0 Å². The minimum absolute atomic E-state index is 0.0145. The van der Waals surface area contributed by atoms with E-state index in [1.807, 2.05) is 6.07 Å². The first-order valence-electron chi connectivity index (χ1n) is 7.39. The normalized spacial score (nSPS) is 12.2. The molecule has 1 aromatic heterocycles. The third-order valence-electron chi connectivity index (χ3n) is 3.76. The van der Waals surface area contributed by atoms with Crippen LogP contribution in [0.2, 0.25) is 0 Å². The van der Waals surface area contributed by atoms with Gasteiger partial charge in [-0.15, -0.1) is 0 Å². The molecule has 25 heavy (non-hydrogen) atoms. The molecule has 2 heterocycles. The smallest absolute Gasteiger partial charge is 0.270 e. The molecule has 124 valence electrons. The lowest BCUT2D eigenvalue weighted by Gasteiger charge is -2.07. The van der Waals surface area contributed by atoms with E-state index in [0.717, 1.165) is 5.56 Å². The number of nitrogens with zero attached hydrogens (tertiary/aromatic N) is 3. The zero-order valence-corrected chi connectivity index (χ0v) is 12.9. The molecule has 0 aliphatic carbocycles. The zero-order valence-electron chi connectivity index (χ0n) is 12.9. The lowest BCUT2D eigenvalue weighted by atomic mass is 10.1. The predicted molar refractivity (Wildman–Crippen MR) is 90.1 cm³/mol. The van der Waals surface area contributed by atoms with Gasteiger partial charge in [-0.3, -0.25) is 10.1 Å². The van der Waals surface area contributed by atoms with Crippen LogP contribution in [0, 0.1) is 10.1 Å². The quantitative estimate of drug-likeness (QED) is 0.577. The summed E-state index contributed by atoms with van der Waals surface area (Å²) in [6.07, 6.45) is 0. The Kier molecular flexibility index (Phi) is 3.42. The van der Waals surface area contributed by atoms with Crippen LogP contribution in [0.1, 0.15) is 0 Å². The van der Waals surface area contributed by atoms with E-state index in [1.54, 1.807) is 30.3 Å². The molecule has 1 aliphatic heterocycles. The molecule has 0 saturated carbocycles. The molecule has 2 N–H and O–H groups in total. The average molecular weight is 336 g/mol. The number of aromatic nitrogens is 2. The number of anilines is 1. The molecule has 0 spiro atoms. The molecular formula is C17H12N4O4. The number of non-ortho nitro benzene ring substituents is 1. The second-order valence-electron chi connectivity index (χ2n) is 5.37. The van der Waals surface area contributed by atoms with Crippen molar-refractivity contribution in [3.8, 4) is 34.0 Å². The fraction of sp³-hybridized carbons (Fsp3) is 0.0588. The second kappa shape index (κ2) is 5.75. The number of hydrogen-bond donors (Lipinski definition) is 1. The lowest BCUT2D eigenvalue weighted by Crippen LogP contribution is -1.99. The third-order valence-corrected chi connectivity index (χ3v) is 3.76. The van der Waals surface area contributed by atoms with Gasteiger partial charge in [0.05, 0.1) is 16.3 Å². The Morgan fingerprint density at radius 3 is 2.44 bits per heavy atom. The predicted octanol–water partition coefficient (Wildman–Crippen LogP) is 3.03. The summed E-state index contributed by atoms with van der Waals surface area (Å²) >= 11 is 0. The highest BCUT2D eigenvalue weighted by atomic mass is 16.7. The summed E-state index contributed by atoms with van der Waals surface area (Å²) in [6.45, 7) is 0.184. The average Bonchev–Trinajstić information content (AvgIpc) is 3.09. The van der Waals surface area contributed by atoms with Crippen molar-refractivity contribution in [2.24, 2.45) is 0 Å². The van der Waals surface area contributed by atoms with Crippen LogP contribution in [0.15, 0.2) is 48.5 Å². The van der Waals surface area contributed by atoms with Crippen LogP contribution < -0.4 is 15.2 Å². The van der Waals surface area contributed by atoms with E-state index in [0.29, 0.717) is 28.5 Å². The van der Waals surface area contributed by atoms with E-state index in [-0.39, 0.29) is 18.4 Å². The first-order chi connectivity index (χ1) is 12.1. The molecule has 0 radical (unpaired) electrons. The van der Waals surface area contributed by atoms with Crippen LogP contribution in [0.3, 0.4) is 0 Å². The number of hydrogen-bond acceptors (Lipinski definition) is 7. The summed E-state index contributed by atoms with van der Waals surface area (Å²) in [6, 6.07) is 13.4. The lowest BCUT2D eigenvalue weighted by molar-refractivity contribution is -0.384. The van der Waals surface area contributed by atoms with E-state index in [4.69, 9.17) is 15.2 Å². The first kappa shape index (κ1) is 14.9. The molecule has 1 aliphatic rings. The fourth-order valence-corrected chi connectivity index (χ4v) is 2.60.